The van der Waals surface area contributed by atoms with Crippen LogP contribution in [0.25, 0.3) is 0 Å². The number of cyclic esters (lactones) is 1. The third kappa shape index (κ3) is 2.39. The highest BCUT2D eigenvalue weighted by Gasteiger charge is 2.46. The SMILES string of the molecule is CC(C)c1cc(F)c2c(c1)COC(=O)N2C1CC(C)(O)C1. The minimum atomic E-state index is -0.781. The summed E-state index contributed by atoms with van der Waals surface area (Å²) in [6.07, 6.45) is 0.346. The summed E-state index contributed by atoms with van der Waals surface area (Å²) < 4.78 is 19.7. The van der Waals surface area contributed by atoms with Gasteiger partial charge in [-0.25, -0.2) is 9.18 Å². The molecule has 21 heavy (non-hydrogen) atoms. The number of ether oxygens (including phenoxy) is 1. The summed E-state index contributed by atoms with van der Waals surface area (Å²) in [5, 5.41) is 9.86. The standard InChI is InChI=1S/C16H20FNO3/c1-9(2)10-4-11-8-21-15(19)18(14(11)13(17)5-10)12-6-16(3,20)7-12/h4-5,9,12,20H,6-8H2,1-3H3. The van der Waals surface area contributed by atoms with Gasteiger partial charge in [-0.15, -0.1) is 0 Å². The molecule has 0 atom stereocenters. The number of aliphatic hydroxyl groups is 1. The Morgan fingerprint density at radius 1 is 1.43 bits per heavy atom. The van der Waals surface area contributed by atoms with Crippen molar-refractivity contribution in [2.75, 3.05) is 4.90 Å². The van der Waals surface area contributed by atoms with E-state index in [4.69, 9.17) is 4.74 Å². The maximum Gasteiger partial charge on any atom is 0.414 e. The number of amides is 1. The largest absolute Gasteiger partial charge is 0.444 e. The zero-order chi connectivity index (χ0) is 15.4. The van der Waals surface area contributed by atoms with E-state index in [2.05, 4.69) is 0 Å². The van der Waals surface area contributed by atoms with Gasteiger partial charge in [-0.2, -0.15) is 0 Å². The van der Waals surface area contributed by atoms with Crippen LogP contribution >= 0.6 is 0 Å². The average molecular weight is 293 g/mol. The molecule has 1 amide bonds. The van der Waals surface area contributed by atoms with Gasteiger partial charge < -0.3 is 9.84 Å². The maximum atomic E-state index is 14.5. The minimum Gasteiger partial charge on any atom is -0.444 e. The first-order chi connectivity index (χ1) is 9.78. The van der Waals surface area contributed by atoms with Crippen LogP contribution in [-0.4, -0.2) is 22.8 Å². The van der Waals surface area contributed by atoms with Gasteiger partial charge in [-0.3, -0.25) is 4.90 Å². The molecular formula is C16H20FNO3. The monoisotopic (exact) mass is 293 g/mol. The van der Waals surface area contributed by atoms with Crippen LogP contribution in [0.2, 0.25) is 0 Å². The molecule has 1 aliphatic heterocycles. The van der Waals surface area contributed by atoms with E-state index in [1.54, 1.807) is 6.92 Å². The van der Waals surface area contributed by atoms with Crippen molar-refractivity contribution in [2.45, 2.75) is 57.8 Å². The fraction of sp³-hybridized carbons (Fsp3) is 0.562. The summed E-state index contributed by atoms with van der Waals surface area (Å²) in [6, 6.07) is 3.19. The molecule has 5 heteroatoms. The normalized spacial score (nSPS) is 28.2. The number of halogens is 1. The van der Waals surface area contributed by atoms with Gasteiger partial charge in [0.1, 0.15) is 12.4 Å². The Kier molecular flexibility index (Phi) is 3.20. The summed E-state index contributed by atoms with van der Waals surface area (Å²) in [6.45, 7) is 5.82. The van der Waals surface area contributed by atoms with Crippen LogP contribution < -0.4 is 4.90 Å². The average Bonchev–Trinajstić information content (AvgIpc) is 2.36. The summed E-state index contributed by atoms with van der Waals surface area (Å²) in [4.78, 5) is 13.4. The van der Waals surface area contributed by atoms with E-state index < -0.39 is 11.7 Å². The fourth-order valence-electron chi connectivity index (χ4n) is 3.16. The Bertz CT molecular complexity index is 589. The zero-order valence-electron chi connectivity index (χ0n) is 12.5. The van der Waals surface area contributed by atoms with Gasteiger partial charge in [0.15, 0.2) is 0 Å². The lowest BCUT2D eigenvalue weighted by Crippen LogP contribution is -2.57. The highest BCUT2D eigenvalue weighted by atomic mass is 19.1. The molecule has 4 nitrogen and oxygen atoms in total. The number of hydrogen-bond donors (Lipinski definition) is 1. The van der Waals surface area contributed by atoms with Gasteiger partial charge in [0.05, 0.1) is 11.3 Å². The first kappa shape index (κ1) is 14.3. The summed E-state index contributed by atoms with van der Waals surface area (Å²) in [7, 11) is 0. The van der Waals surface area contributed by atoms with E-state index in [9.17, 15) is 14.3 Å². The molecule has 2 aliphatic rings. The number of anilines is 1. The fourth-order valence-corrected chi connectivity index (χ4v) is 3.16. The number of carbonyl (C=O) groups is 1. The lowest BCUT2D eigenvalue weighted by Gasteiger charge is -2.47. The Hall–Kier alpha value is -1.62. The molecule has 0 radical (unpaired) electrons. The lowest BCUT2D eigenvalue weighted by molar-refractivity contribution is -0.0315. The molecule has 114 valence electrons. The zero-order valence-corrected chi connectivity index (χ0v) is 12.5. The van der Waals surface area contributed by atoms with E-state index in [-0.39, 0.29) is 24.4 Å². The van der Waals surface area contributed by atoms with Crippen LogP contribution in [0, 0.1) is 5.82 Å². The van der Waals surface area contributed by atoms with Crippen LogP contribution in [-0.2, 0) is 11.3 Å². The van der Waals surface area contributed by atoms with Crippen molar-refractivity contribution in [3.8, 4) is 0 Å². The number of hydrogen-bond acceptors (Lipinski definition) is 3. The van der Waals surface area contributed by atoms with Crippen LogP contribution in [0.4, 0.5) is 14.9 Å². The van der Waals surface area contributed by atoms with Crippen molar-refractivity contribution in [1.29, 1.82) is 0 Å². The number of benzene rings is 1. The molecular weight excluding hydrogens is 273 g/mol. The Morgan fingerprint density at radius 2 is 2.10 bits per heavy atom. The summed E-state index contributed by atoms with van der Waals surface area (Å²) in [5.74, 6) is -0.181. The van der Waals surface area contributed by atoms with Crippen molar-refractivity contribution >= 4 is 11.8 Å². The van der Waals surface area contributed by atoms with Crippen LogP contribution in [0.3, 0.4) is 0 Å². The third-order valence-corrected chi connectivity index (χ3v) is 4.34. The van der Waals surface area contributed by atoms with E-state index in [1.807, 2.05) is 19.9 Å². The van der Waals surface area contributed by atoms with E-state index in [0.717, 1.165) is 5.56 Å². The maximum absolute atomic E-state index is 14.5. The van der Waals surface area contributed by atoms with Crippen molar-refractivity contribution in [1.82, 2.24) is 0 Å². The molecule has 1 N–H and O–H groups in total. The first-order valence-electron chi connectivity index (χ1n) is 7.29. The molecule has 1 aromatic rings. The Balaban J connectivity index is 2.00. The molecule has 0 saturated heterocycles. The topological polar surface area (TPSA) is 49.8 Å². The molecule has 1 aliphatic carbocycles. The van der Waals surface area contributed by atoms with Crippen LogP contribution in [0.15, 0.2) is 12.1 Å². The van der Waals surface area contributed by atoms with Crippen molar-refractivity contribution < 1.29 is 19.0 Å². The molecule has 0 unspecified atom stereocenters. The second kappa shape index (κ2) is 4.70. The second-order valence-corrected chi connectivity index (χ2v) is 6.65. The summed E-state index contributed by atoms with van der Waals surface area (Å²) >= 11 is 0. The van der Waals surface area contributed by atoms with Gasteiger partial charge in [0.2, 0.25) is 0 Å². The molecule has 0 bridgehead atoms. The smallest absolute Gasteiger partial charge is 0.414 e. The van der Waals surface area contributed by atoms with E-state index in [1.165, 1.54) is 11.0 Å². The van der Waals surface area contributed by atoms with Crippen LogP contribution in [0.5, 0.6) is 0 Å². The van der Waals surface area contributed by atoms with Crippen molar-refractivity contribution in [3.63, 3.8) is 0 Å². The quantitative estimate of drug-likeness (QED) is 0.910. The molecule has 1 fully saturated rings. The van der Waals surface area contributed by atoms with Gasteiger partial charge in [0.25, 0.3) is 0 Å². The molecule has 1 heterocycles. The molecule has 0 spiro atoms. The van der Waals surface area contributed by atoms with E-state index in [0.29, 0.717) is 24.1 Å². The minimum absolute atomic E-state index is 0.102. The van der Waals surface area contributed by atoms with Gasteiger partial charge in [-0.1, -0.05) is 13.8 Å². The number of carbonyl (C=O) groups excluding carboxylic acids is 1. The molecule has 1 aromatic carbocycles. The second-order valence-electron chi connectivity index (χ2n) is 6.65. The highest BCUT2D eigenvalue weighted by Crippen LogP contribution is 2.42. The number of rotatable bonds is 2. The molecule has 1 saturated carbocycles. The predicted octanol–water partition coefficient (Wildman–Crippen LogP) is 3.32. The number of nitrogens with zero attached hydrogens (tertiary/aromatic N) is 1. The van der Waals surface area contributed by atoms with Crippen molar-refractivity contribution in [3.05, 3.63) is 29.1 Å². The van der Waals surface area contributed by atoms with Gasteiger partial charge >= 0.3 is 6.09 Å². The Morgan fingerprint density at radius 3 is 2.67 bits per heavy atom. The number of fused-ring (bicyclic) bond motifs is 1. The van der Waals surface area contributed by atoms with Gasteiger partial charge in [0, 0.05) is 11.6 Å². The Labute approximate surface area is 123 Å². The molecule has 3 rings (SSSR count). The van der Waals surface area contributed by atoms with Crippen LogP contribution in [0.1, 0.15) is 50.7 Å². The van der Waals surface area contributed by atoms with E-state index >= 15 is 0 Å². The lowest BCUT2D eigenvalue weighted by atomic mass is 9.76. The highest BCUT2D eigenvalue weighted by molar-refractivity contribution is 5.91. The molecule has 0 aromatic heterocycles. The van der Waals surface area contributed by atoms with Gasteiger partial charge in [-0.05, 0) is 43.4 Å². The first-order valence-corrected chi connectivity index (χ1v) is 7.29. The predicted molar refractivity (Wildman–Crippen MR) is 76.8 cm³/mol. The summed E-state index contributed by atoms with van der Waals surface area (Å²) in [5.41, 5.74) is 1.13. The van der Waals surface area contributed by atoms with Crippen molar-refractivity contribution in [2.24, 2.45) is 0 Å². The third-order valence-electron chi connectivity index (χ3n) is 4.34.